The van der Waals surface area contributed by atoms with Gasteiger partial charge in [0.15, 0.2) is 11.6 Å². The third kappa shape index (κ3) is 5.04. The molecule has 2 heterocycles. The van der Waals surface area contributed by atoms with Crippen molar-refractivity contribution < 1.29 is 18.0 Å². The highest BCUT2D eigenvalue weighted by Crippen LogP contribution is 2.32. The predicted octanol–water partition coefficient (Wildman–Crippen LogP) is 4.91. The molecule has 0 aliphatic heterocycles. The van der Waals surface area contributed by atoms with Crippen molar-refractivity contribution in [3.05, 3.63) is 85.1 Å². The molecular weight excluding hydrogens is 447 g/mol. The molecule has 0 radical (unpaired) electrons. The summed E-state index contributed by atoms with van der Waals surface area (Å²) in [6.45, 7) is 3.38. The summed E-state index contributed by atoms with van der Waals surface area (Å²) in [5.74, 6) is -2.90. The van der Waals surface area contributed by atoms with E-state index in [0.717, 1.165) is 24.3 Å². The van der Waals surface area contributed by atoms with Crippen LogP contribution in [0.25, 0.3) is 11.1 Å². The minimum atomic E-state index is -1.05. The Morgan fingerprint density at radius 2 is 1.79 bits per heavy atom. The minimum Gasteiger partial charge on any atom is -0.337 e. The van der Waals surface area contributed by atoms with Crippen LogP contribution >= 0.6 is 0 Å². The van der Waals surface area contributed by atoms with Crippen LogP contribution in [0.4, 0.5) is 42.0 Å². The fourth-order valence-corrected chi connectivity index (χ4v) is 3.05. The van der Waals surface area contributed by atoms with Gasteiger partial charge in [0.2, 0.25) is 11.9 Å². The zero-order chi connectivity index (χ0) is 24.2. The van der Waals surface area contributed by atoms with Crippen molar-refractivity contribution in [3.8, 4) is 11.1 Å². The maximum atomic E-state index is 14.6. The summed E-state index contributed by atoms with van der Waals surface area (Å²) in [6, 6.07) is 7.23. The summed E-state index contributed by atoms with van der Waals surface area (Å²) in [5.41, 5.74) is 1.46. The Labute approximate surface area is 192 Å². The van der Waals surface area contributed by atoms with Gasteiger partial charge >= 0.3 is 0 Å². The number of amides is 1. The number of nitrogens with one attached hydrogen (secondary N) is 3. The molecule has 0 fully saturated rings. The van der Waals surface area contributed by atoms with Crippen molar-refractivity contribution in [2.24, 2.45) is 7.05 Å². The molecule has 4 rings (SSSR count). The van der Waals surface area contributed by atoms with E-state index in [4.69, 9.17) is 0 Å². The van der Waals surface area contributed by atoms with Crippen molar-refractivity contribution in [2.75, 3.05) is 16.0 Å². The van der Waals surface area contributed by atoms with Crippen LogP contribution in [0, 0.1) is 17.5 Å². The van der Waals surface area contributed by atoms with E-state index in [0.29, 0.717) is 11.4 Å². The Balaban J connectivity index is 1.75. The van der Waals surface area contributed by atoms with Crippen LogP contribution in [-0.4, -0.2) is 25.7 Å². The van der Waals surface area contributed by atoms with Crippen LogP contribution < -0.4 is 16.0 Å². The van der Waals surface area contributed by atoms with E-state index in [-0.39, 0.29) is 28.6 Å². The van der Waals surface area contributed by atoms with E-state index in [1.165, 1.54) is 24.4 Å². The third-order valence-electron chi connectivity index (χ3n) is 4.65. The first-order valence-electron chi connectivity index (χ1n) is 9.90. The Bertz CT molecular complexity index is 1390. The molecule has 0 saturated carbocycles. The topological polar surface area (TPSA) is 96.8 Å². The fraction of sp³-hybridized carbons (Fsp3) is 0.0435. The van der Waals surface area contributed by atoms with Crippen LogP contribution in [-0.2, 0) is 11.8 Å². The summed E-state index contributed by atoms with van der Waals surface area (Å²) in [4.78, 5) is 20.2. The molecule has 3 N–H and O–H groups in total. The number of hydrogen-bond acceptors (Lipinski definition) is 6. The number of carbonyl (C=O) groups is 1. The maximum Gasteiger partial charge on any atom is 0.247 e. The Kier molecular flexibility index (Phi) is 6.26. The third-order valence-corrected chi connectivity index (χ3v) is 4.65. The van der Waals surface area contributed by atoms with E-state index in [2.05, 4.69) is 37.6 Å². The molecule has 4 aromatic rings. The first-order valence-corrected chi connectivity index (χ1v) is 9.90. The number of carbonyl (C=O) groups excluding carboxylic acids is 1. The molecule has 0 spiro atoms. The molecule has 34 heavy (non-hydrogen) atoms. The number of benzene rings is 2. The molecule has 0 atom stereocenters. The summed E-state index contributed by atoms with van der Waals surface area (Å²) in [6.07, 6.45) is 5.73. The van der Waals surface area contributed by atoms with Gasteiger partial charge in [0.05, 0.1) is 17.6 Å². The molecule has 8 nitrogen and oxygen atoms in total. The highest BCUT2D eigenvalue weighted by Gasteiger charge is 2.15. The average Bonchev–Trinajstić information content (AvgIpc) is 3.22. The molecule has 0 aliphatic rings. The number of anilines is 5. The molecule has 2 aromatic carbocycles. The van der Waals surface area contributed by atoms with Gasteiger partial charge in [0.1, 0.15) is 11.6 Å². The van der Waals surface area contributed by atoms with Crippen molar-refractivity contribution in [1.29, 1.82) is 0 Å². The monoisotopic (exact) mass is 465 g/mol. The maximum absolute atomic E-state index is 14.6. The summed E-state index contributed by atoms with van der Waals surface area (Å²) < 4.78 is 43.5. The van der Waals surface area contributed by atoms with Gasteiger partial charge in [-0.1, -0.05) is 12.6 Å². The van der Waals surface area contributed by atoms with Crippen LogP contribution in [0.15, 0.2) is 67.6 Å². The fourth-order valence-electron chi connectivity index (χ4n) is 3.05. The molecule has 0 aliphatic carbocycles. The molecule has 0 bridgehead atoms. The molecule has 1 amide bonds. The first kappa shape index (κ1) is 22.5. The highest BCUT2D eigenvalue weighted by molar-refractivity contribution is 5.99. The minimum absolute atomic E-state index is 0.0169. The van der Waals surface area contributed by atoms with E-state index >= 15 is 0 Å². The molecule has 0 saturated heterocycles. The smallest absolute Gasteiger partial charge is 0.247 e. The zero-order valence-corrected chi connectivity index (χ0v) is 17.8. The lowest BCUT2D eigenvalue weighted by Crippen LogP contribution is -2.08. The number of aromatic nitrogens is 4. The largest absolute Gasteiger partial charge is 0.337 e. The average molecular weight is 465 g/mol. The second-order valence-corrected chi connectivity index (χ2v) is 7.13. The van der Waals surface area contributed by atoms with Crippen LogP contribution in [0.1, 0.15) is 0 Å². The molecule has 172 valence electrons. The number of rotatable bonds is 7. The summed E-state index contributed by atoms with van der Waals surface area (Å²) in [7, 11) is 1.74. The van der Waals surface area contributed by atoms with Gasteiger partial charge in [-0.05, 0) is 42.0 Å². The lowest BCUT2D eigenvalue weighted by Gasteiger charge is -2.14. The van der Waals surface area contributed by atoms with Gasteiger partial charge < -0.3 is 16.0 Å². The van der Waals surface area contributed by atoms with Crippen LogP contribution in [0.5, 0.6) is 0 Å². The highest BCUT2D eigenvalue weighted by atomic mass is 19.2. The number of hydrogen-bond donors (Lipinski definition) is 3. The van der Waals surface area contributed by atoms with Crippen molar-refractivity contribution in [3.63, 3.8) is 0 Å². The number of aryl methyl sites for hydroxylation is 1. The van der Waals surface area contributed by atoms with E-state index in [1.54, 1.807) is 24.1 Å². The SMILES string of the molecule is C=CC(=O)Nc1ccc(F)c(Nc2nc(Nc3cnn(C)c3)ncc2-c2ccc(F)c(F)c2)c1. The quantitative estimate of drug-likeness (QED) is 0.336. The number of nitrogens with zero attached hydrogens (tertiary/aromatic N) is 4. The van der Waals surface area contributed by atoms with Gasteiger partial charge in [-0.3, -0.25) is 9.48 Å². The second kappa shape index (κ2) is 9.45. The van der Waals surface area contributed by atoms with Crippen molar-refractivity contribution in [2.45, 2.75) is 0 Å². The molecule has 11 heteroatoms. The van der Waals surface area contributed by atoms with Crippen LogP contribution in [0.3, 0.4) is 0 Å². The van der Waals surface area contributed by atoms with Gasteiger partial charge in [0.25, 0.3) is 0 Å². The summed E-state index contributed by atoms with van der Waals surface area (Å²) in [5, 5.41) is 12.4. The van der Waals surface area contributed by atoms with E-state index in [9.17, 15) is 18.0 Å². The van der Waals surface area contributed by atoms with E-state index < -0.39 is 23.4 Å². The van der Waals surface area contributed by atoms with Crippen molar-refractivity contribution in [1.82, 2.24) is 19.7 Å². The standard InChI is InChI=1S/C23H18F3N7O/c1-3-21(34)29-14-5-7-18(25)20(9-14)31-22-16(13-4-6-17(24)19(26)8-13)11-27-23(32-22)30-15-10-28-33(2)12-15/h3-12H,1H2,2H3,(H,29,34)(H2,27,30,31,32). The van der Waals surface area contributed by atoms with E-state index in [1.807, 2.05) is 0 Å². The normalized spacial score (nSPS) is 10.6. The number of halogens is 3. The van der Waals surface area contributed by atoms with Gasteiger partial charge in [-0.2, -0.15) is 10.1 Å². The van der Waals surface area contributed by atoms with Gasteiger partial charge in [0, 0.05) is 30.7 Å². The van der Waals surface area contributed by atoms with Crippen molar-refractivity contribution >= 4 is 34.7 Å². The molecule has 2 aromatic heterocycles. The lowest BCUT2D eigenvalue weighted by atomic mass is 10.1. The zero-order valence-electron chi connectivity index (χ0n) is 17.8. The second-order valence-electron chi connectivity index (χ2n) is 7.13. The van der Waals surface area contributed by atoms with Crippen LogP contribution in [0.2, 0.25) is 0 Å². The summed E-state index contributed by atoms with van der Waals surface area (Å²) >= 11 is 0. The molecule has 0 unspecified atom stereocenters. The molecular formula is C23H18F3N7O. The Hall–Kier alpha value is -4.67. The predicted molar refractivity (Wildman–Crippen MR) is 122 cm³/mol. The van der Waals surface area contributed by atoms with Gasteiger partial charge in [-0.25, -0.2) is 18.2 Å². The first-order chi connectivity index (χ1) is 16.3. The van der Waals surface area contributed by atoms with Gasteiger partial charge in [-0.15, -0.1) is 0 Å². The Morgan fingerprint density at radius 1 is 1.00 bits per heavy atom. The lowest BCUT2D eigenvalue weighted by molar-refractivity contribution is -0.111. The Morgan fingerprint density at radius 3 is 2.50 bits per heavy atom.